The van der Waals surface area contributed by atoms with Crippen LogP contribution in [0.4, 0.5) is 0 Å². The minimum atomic E-state index is 0.0588. The highest BCUT2D eigenvalue weighted by atomic mass is 35.5. The van der Waals surface area contributed by atoms with Crippen LogP contribution in [0.5, 0.6) is 0 Å². The van der Waals surface area contributed by atoms with Gasteiger partial charge in [-0.05, 0) is 37.7 Å². The first-order valence-electron chi connectivity index (χ1n) is 6.31. The van der Waals surface area contributed by atoms with Crippen molar-refractivity contribution in [1.29, 1.82) is 0 Å². The van der Waals surface area contributed by atoms with E-state index >= 15 is 0 Å². The monoisotopic (exact) mass is 268 g/mol. The maximum absolute atomic E-state index is 11.7. The van der Waals surface area contributed by atoms with Gasteiger partial charge in [-0.3, -0.25) is 9.69 Å². The van der Waals surface area contributed by atoms with Crippen LogP contribution in [0.15, 0.2) is 24.3 Å². The van der Waals surface area contributed by atoms with Crippen LogP contribution in [0.1, 0.15) is 25.3 Å². The molecule has 0 aliphatic rings. The standard InChI is InChI=1S/C14H21ClN2O/c1-3-4-9-17(2)11-14(18)16-10-12-5-7-13(15)8-6-12/h5-8H,3-4,9-11H2,1-2H3,(H,16,18). The van der Waals surface area contributed by atoms with Gasteiger partial charge in [-0.25, -0.2) is 0 Å². The summed E-state index contributed by atoms with van der Waals surface area (Å²) < 4.78 is 0. The van der Waals surface area contributed by atoms with E-state index in [1.807, 2.05) is 36.2 Å². The zero-order valence-electron chi connectivity index (χ0n) is 11.1. The highest BCUT2D eigenvalue weighted by Crippen LogP contribution is 2.08. The molecule has 1 aromatic carbocycles. The number of nitrogens with one attached hydrogen (secondary N) is 1. The van der Waals surface area contributed by atoms with E-state index in [1.165, 1.54) is 0 Å². The fraction of sp³-hybridized carbons (Fsp3) is 0.500. The first kappa shape index (κ1) is 15.0. The lowest BCUT2D eigenvalue weighted by molar-refractivity contribution is -0.122. The van der Waals surface area contributed by atoms with E-state index in [9.17, 15) is 4.79 Å². The topological polar surface area (TPSA) is 32.3 Å². The van der Waals surface area contributed by atoms with E-state index in [2.05, 4.69) is 12.2 Å². The smallest absolute Gasteiger partial charge is 0.234 e. The quantitative estimate of drug-likeness (QED) is 0.825. The highest BCUT2D eigenvalue weighted by molar-refractivity contribution is 6.30. The van der Waals surface area contributed by atoms with E-state index in [0.717, 1.165) is 24.9 Å². The van der Waals surface area contributed by atoms with Crippen molar-refractivity contribution in [1.82, 2.24) is 10.2 Å². The second-order valence-electron chi connectivity index (χ2n) is 4.49. The van der Waals surface area contributed by atoms with Gasteiger partial charge in [-0.1, -0.05) is 37.1 Å². The maximum atomic E-state index is 11.7. The summed E-state index contributed by atoms with van der Waals surface area (Å²) in [7, 11) is 1.97. The summed E-state index contributed by atoms with van der Waals surface area (Å²) in [5, 5.41) is 3.61. The number of nitrogens with zero attached hydrogens (tertiary/aromatic N) is 1. The minimum Gasteiger partial charge on any atom is -0.351 e. The summed E-state index contributed by atoms with van der Waals surface area (Å²) in [4.78, 5) is 13.7. The van der Waals surface area contributed by atoms with Crippen LogP contribution >= 0.6 is 11.6 Å². The van der Waals surface area contributed by atoms with Crippen LogP contribution < -0.4 is 5.32 Å². The second kappa shape index (κ2) is 8.11. The molecule has 1 rings (SSSR count). The predicted octanol–water partition coefficient (Wildman–Crippen LogP) is 2.69. The normalized spacial score (nSPS) is 10.7. The average Bonchev–Trinajstić information content (AvgIpc) is 2.35. The van der Waals surface area contributed by atoms with E-state index in [4.69, 9.17) is 11.6 Å². The van der Waals surface area contributed by atoms with Crippen LogP contribution in [0, 0.1) is 0 Å². The van der Waals surface area contributed by atoms with Crippen molar-refractivity contribution in [3.8, 4) is 0 Å². The molecule has 0 bridgehead atoms. The number of amides is 1. The fourth-order valence-corrected chi connectivity index (χ4v) is 1.74. The van der Waals surface area contributed by atoms with Crippen molar-refractivity contribution < 1.29 is 4.79 Å². The van der Waals surface area contributed by atoms with Crippen molar-refractivity contribution in [3.05, 3.63) is 34.9 Å². The first-order valence-corrected chi connectivity index (χ1v) is 6.69. The molecule has 1 amide bonds. The lowest BCUT2D eigenvalue weighted by Crippen LogP contribution is -2.35. The molecule has 0 atom stereocenters. The lowest BCUT2D eigenvalue weighted by Gasteiger charge is -2.15. The Morgan fingerprint density at radius 1 is 1.33 bits per heavy atom. The molecule has 0 fully saturated rings. The first-order chi connectivity index (χ1) is 8.61. The fourth-order valence-electron chi connectivity index (χ4n) is 1.61. The van der Waals surface area contributed by atoms with Crippen molar-refractivity contribution in [2.24, 2.45) is 0 Å². The van der Waals surface area contributed by atoms with E-state index < -0.39 is 0 Å². The molecular formula is C14H21ClN2O. The molecule has 1 aromatic rings. The van der Waals surface area contributed by atoms with Gasteiger partial charge in [0.25, 0.3) is 0 Å². The molecule has 0 spiro atoms. The summed E-state index contributed by atoms with van der Waals surface area (Å²) in [5.74, 6) is 0.0588. The number of halogens is 1. The lowest BCUT2D eigenvalue weighted by atomic mass is 10.2. The number of hydrogen-bond acceptors (Lipinski definition) is 2. The number of unbranched alkanes of at least 4 members (excludes halogenated alkanes) is 1. The van der Waals surface area contributed by atoms with Gasteiger partial charge in [0.2, 0.25) is 5.91 Å². The molecular weight excluding hydrogens is 248 g/mol. The molecule has 3 nitrogen and oxygen atoms in total. The molecule has 0 unspecified atom stereocenters. The maximum Gasteiger partial charge on any atom is 0.234 e. The van der Waals surface area contributed by atoms with Crippen LogP contribution in [0.2, 0.25) is 5.02 Å². The molecule has 4 heteroatoms. The van der Waals surface area contributed by atoms with E-state index in [-0.39, 0.29) is 5.91 Å². The Hall–Kier alpha value is -1.06. The van der Waals surface area contributed by atoms with Gasteiger partial charge in [0.1, 0.15) is 0 Å². The molecule has 100 valence electrons. The highest BCUT2D eigenvalue weighted by Gasteiger charge is 2.05. The number of rotatable bonds is 7. The van der Waals surface area contributed by atoms with Gasteiger partial charge in [-0.2, -0.15) is 0 Å². The van der Waals surface area contributed by atoms with Gasteiger partial charge >= 0.3 is 0 Å². The zero-order chi connectivity index (χ0) is 13.4. The second-order valence-corrected chi connectivity index (χ2v) is 4.93. The number of carbonyl (C=O) groups is 1. The van der Waals surface area contributed by atoms with Crippen molar-refractivity contribution >= 4 is 17.5 Å². The summed E-state index contributed by atoms with van der Waals surface area (Å²) in [6, 6.07) is 7.50. The van der Waals surface area contributed by atoms with Gasteiger partial charge in [0.15, 0.2) is 0 Å². The van der Waals surface area contributed by atoms with Gasteiger partial charge in [0.05, 0.1) is 6.54 Å². The Morgan fingerprint density at radius 3 is 2.61 bits per heavy atom. The molecule has 0 heterocycles. The predicted molar refractivity (Wildman–Crippen MR) is 75.7 cm³/mol. The van der Waals surface area contributed by atoms with Crippen molar-refractivity contribution in [2.45, 2.75) is 26.3 Å². The molecule has 0 saturated carbocycles. The molecule has 1 N–H and O–H groups in total. The van der Waals surface area contributed by atoms with Gasteiger partial charge in [-0.15, -0.1) is 0 Å². The average molecular weight is 269 g/mol. The molecule has 18 heavy (non-hydrogen) atoms. The summed E-state index contributed by atoms with van der Waals surface area (Å²) in [6.07, 6.45) is 2.28. The van der Waals surface area contributed by atoms with Crippen molar-refractivity contribution in [3.63, 3.8) is 0 Å². The Labute approximate surface area is 114 Å². The zero-order valence-corrected chi connectivity index (χ0v) is 11.8. The third-order valence-electron chi connectivity index (χ3n) is 2.71. The van der Waals surface area contributed by atoms with Crippen LogP contribution in [0.25, 0.3) is 0 Å². The Morgan fingerprint density at radius 2 is 2.00 bits per heavy atom. The number of likely N-dealkylation sites (N-methyl/N-ethyl adjacent to an activating group) is 1. The van der Waals surface area contributed by atoms with E-state index in [0.29, 0.717) is 18.1 Å². The third kappa shape index (κ3) is 6.03. The summed E-state index contributed by atoms with van der Waals surface area (Å²) in [6.45, 7) is 4.12. The number of benzene rings is 1. The Kier molecular flexibility index (Phi) is 6.76. The van der Waals surface area contributed by atoms with Gasteiger partial charge < -0.3 is 5.32 Å². The van der Waals surface area contributed by atoms with Crippen LogP contribution in [0.3, 0.4) is 0 Å². The molecule has 0 saturated heterocycles. The molecule has 0 aliphatic heterocycles. The van der Waals surface area contributed by atoms with E-state index in [1.54, 1.807) is 0 Å². The molecule has 0 radical (unpaired) electrons. The SMILES string of the molecule is CCCCN(C)CC(=O)NCc1ccc(Cl)cc1. The van der Waals surface area contributed by atoms with Crippen molar-refractivity contribution in [2.75, 3.05) is 20.1 Å². The number of carbonyl (C=O) groups excluding carboxylic acids is 1. The third-order valence-corrected chi connectivity index (χ3v) is 2.96. The number of hydrogen-bond donors (Lipinski definition) is 1. The van der Waals surface area contributed by atoms with Crippen LogP contribution in [-0.4, -0.2) is 30.9 Å². The Balaban J connectivity index is 2.26. The van der Waals surface area contributed by atoms with Crippen LogP contribution in [-0.2, 0) is 11.3 Å². The molecule has 0 aromatic heterocycles. The summed E-state index contributed by atoms with van der Waals surface area (Å²) in [5.41, 5.74) is 1.06. The Bertz CT molecular complexity index is 365. The summed E-state index contributed by atoms with van der Waals surface area (Å²) >= 11 is 5.80. The van der Waals surface area contributed by atoms with Gasteiger partial charge in [0, 0.05) is 11.6 Å². The molecule has 0 aliphatic carbocycles. The largest absolute Gasteiger partial charge is 0.351 e. The minimum absolute atomic E-state index is 0.0588.